The van der Waals surface area contributed by atoms with Gasteiger partial charge in [0.1, 0.15) is 0 Å². The van der Waals surface area contributed by atoms with Crippen LogP contribution in [-0.2, 0) is 0 Å². The highest BCUT2D eigenvalue weighted by Gasteiger charge is 2.36. The SMILES string of the molecule is C1=CC(C2=CC3c4c(cccc4-c4nc(-c5ccccc5)nc(-c5ccccc5)n4)SC3C=C2)=CC(c2nc(-c3ccccc3)nc3c2sc2ccccc23)C1. The molecule has 11 rings (SSSR count). The summed E-state index contributed by atoms with van der Waals surface area (Å²) >= 11 is 3.72. The minimum Gasteiger partial charge on any atom is -0.231 e. The van der Waals surface area contributed by atoms with Gasteiger partial charge in [-0.05, 0) is 35.3 Å². The van der Waals surface area contributed by atoms with E-state index in [0.717, 1.165) is 45.7 Å². The number of fused-ring (bicyclic) bond motifs is 6. The van der Waals surface area contributed by atoms with Gasteiger partial charge in [0.15, 0.2) is 23.3 Å². The second-order valence-corrected chi connectivity index (χ2v) is 16.6. The van der Waals surface area contributed by atoms with Gasteiger partial charge in [-0.1, -0.05) is 158 Å². The minimum absolute atomic E-state index is 0.113. The number of hydrogen-bond donors (Lipinski definition) is 0. The molecule has 56 heavy (non-hydrogen) atoms. The largest absolute Gasteiger partial charge is 0.231 e. The summed E-state index contributed by atoms with van der Waals surface area (Å²) < 4.78 is 2.41. The van der Waals surface area contributed by atoms with Crippen molar-refractivity contribution in [2.75, 3.05) is 0 Å². The topological polar surface area (TPSA) is 64.5 Å². The Kier molecular flexibility index (Phi) is 8.14. The number of aromatic nitrogens is 5. The lowest BCUT2D eigenvalue weighted by molar-refractivity contribution is 0.815. The van der Waals surface area contributed by atoms with Gasteiger partial charge in [0.2, 0.25) is 0 Å². The zero-order valence-corrected chi connectivity index (χ0v) is 31.8. The second kappa shape index (κ2) is 13.8. The molecule has 2 aliphatic carbocycles. The van der Waals surface area contributed by atoms with Gasteiger partial charge in [0, 0.05) is 54.3 Å². The van der Waals surface area contributed by atoms with E-state index in [1.54, 1.807) is 11.3 Å². The first-order chi connectivity index (χ1) is 27.7. The van der Waals surface area contributed by atoms with Gasteiger partial charge in [-0.25, -0.2) is 24.9 Å². The van der Waals surface area contributed by atoms with Crippen LogP contribution >= 0.6 is 23.1 Å². The van der Waals surface area contributed by atoms with Crippen LogP contribution in [-0.4, -0.2) is 30.2 Å². The highest BCUT2D eigenvalue weighted by Crippen LogP contribution is 2.53. The molecule has 5 aromatic carbocycles. The third kappa shape index (κ3) is 5.83. The number of benzene rings is 5. The van der Waals surface area contributed by atoms with Crippen molar-refractivity contribution in [2.24, 2.45) is 0 Å². The van der Waals surface area contributed by atoms with Crippen LogP contribution < -0.4 is 0 Å². The standard InChI is InChI=1S/C49H33N5S2/c1-4-14-30(15-5-1)46-50-43(45-44(51-46)36-22-10-11-24-39(36)56-45)35-21-12-20-33(28-35)34-26-27-40-38(29-34)42-37(23-13-25-41(42)55-40)49-53-47(31-16-6-2-7-17-31)52-48(54-49)32-18-8-3-9-19-32/h1-20,22-29,35,38,40H,21H2. The summed E-state index contributed by atoms with van der Waals surface area (Å²) in [5.41, 5.74) is 9.88. The smallest absolute Gasteiger partial charge is 0.164 e. The molecule has 5 nitrogen and oxygen atoms in total. The highest BCUT2D eigenvalue weighted by atomic mass is 32.2. The lowest BCUT2D eigenvalue weighted by atomic mass is 9.82. The number of hydrogen-bond acceptors (Lipinski definition) is 7. The van der Waals surface area contributed by atoms with Crippen molar-refractivity contribution in [3.8, 4) is 45.6 Å². The third-order valence-electron chi connectivity index (χ3n) is 10.8. The Morgan fingerprint density at radius 3 is 1.88 bits per heavy atom. The molecule has 0 spiro atoms. The summed E-state index contributed by atoms with van der Waals surface area (Å²) in [5, 5.41) is 1.47. The molecule has 1 aliphatic heterocycles. The molecule has 3 atom stereocenters. The molecule has 7 heteroatoms. The number of rotatable bonds is 6. The fourth-order valence-electron chi connectivity index (χ4n) is 8.12. The molecule has 0 bridgehead atoms. The summed E-state index contributed by atoms with van der Waals surface area (Å²) in [6.07, 6.45) is 15.1. The average Bonchev–Trinajstić information content (AvgIpc) is 3.85. The van der Waals surface area contributed by atoms with Crippen LogP contribution in [0.15, 0.2) is 186 Å². The van der Waals surface area contributed by atoms with Crippen molar-refractivity contribution in [3.05, 3.63) is 192 Å². The summed E-state index contributed by atoms with van der Waals surface area (Å²) in [6.45, 7) is 0. The van der Waals surface area contributed by atoms with E-state index in [-0.39, 0.29) is 17.1 Å². The van der Waals surface area contributed by atoms with Crippen LogP contribution in [0.2, 0.25) is 0 Å². The van der Waals surface area contributed by atoms with E-state index in [1.165, 1.54) is 36.4 Å². The molecule has 0 N–H and O–H groups in total. The molecule has 0 saturated carbocycles. The highest BCUT2D eigenvalue weighted by molar-refractivity contribution is 8.00. The van der Waals surface area contributed by atoms with E-state index in [2.05, 4.69) is 127 Å². The first-order valence-corrected chi connectivity index (χ1v) is 20.6. The van der Waals surface area contributed by atoms with Crippen molar-refractivity contribution in [1.82, 2.24) is 24.9 Å². The molecule has 8 aromatic rings. The average molecular weight is 756 g/mol. The zero-order chi connectivity index (χ0) is 37.0. The quantitative estimate of drug-likeness (QED) is 0.168. The summed E-state index contributed by atoms with van der Waals surface area (Å²) in [6, 6.07) is 45.9. The molecule has 3 aliphatic rings. The van der Waals surface area contributed by atoms with Gasteiger partial charge in [-0.2, -0.15) is 0 Å². The Labute approximate surface area is 333 Å². The maximum atomic E-state index is 5.32. The number of thioether (sulfide) groups is 1. The predicted molar refractivity (Wildman–Crippen MR) is 231 cm³/mol. The van der Waals surface area contributed by atoms with Crippen molar-refractivity contribution in [1.29, 1.82) is 0 Å². The van der Waals surface area contributed by atoms with E-state index < -0.39 is 0 Å². The van der Waals surface area contributed by atoms with Crippen molar-refractivity contribution < 1.29 is 0 Å². The van der Waals surface area contributed by atoms with Crippen LogP contribution in [0.5, 0.6) is 0 Å². The van der Waals surface area contributed by atoms with Crippen LogP contribution in [0.1, 0.15) is 29.5 Å². The summed E-state index contributed by atoms with van der Waals surface area (Å²) in [7, 11) is 0. The van der Waals surface area contributed by atoms with E-state index in [9.17, 15) is 0 Å². The molecule has 3 unspecified atom stereocenters. The van der Waals surface area contributed by atoms with Gasteiger partial charge in [-0.3, -0.25) is 0 Å². The fraction of sp³-hybridized carbons (Fsp3) is 0.0816. The maximum absolute atomic E-state index is 5.32. The Balaban J connectivity index is 1.00. The van der Waals surface area contributed by atoms with E-state index in [0.29, 0.717) is 17.5 Å². The van der Waals surface area contributed by atoms with Crippen molar-refractivity contribution in [2.45, 2.75) is 28.4 Å². The Morgan fingerprint density at radius 2 is 1.16 bits per heavy atom. The Bertz CT molecular complexity index is 2870. The number of thiophene rings is 1. The fourth-order valence-corrected chi connectivity index (χ4v) is 10.7. The third-order valence-corrected chi connectivity index (χ3v) is 13.3. The lowest BCUT2D eigenvalue weighted by Gasteiger charge is -2.23. The molecule has 3 aromatic heterocycles. The molecule has 0 radical (unpaired) electrons. The summed E-state index contributed by atoms with van der Waals surface area (Å²) in [5.74, 6) is 3.09. The van der Waals surface area contributed by atoms with Crippen LogP contribution in [0.25, 0.3) is 65.9 Å². The molecule has 4 heterocycles. The Morgan fingerprint density at radius 1 is 0.536 bits per heavy atom. The maximum Gasteiger partial charge on any atom is 0.164 e. The normalized spacial score (nSPS) is 18.5. The number of nitrogens with zero attached hydrogens (tertiary/aromatic N) is 5. The molecular weight excluding hydrogens is 723 g/mol. The van der Waals surface area contributed by atoms with Crippen LogP contribution in [0.3, 0.4) is 0 Å². The molecule has 266 valence electrons. The Hall–Kier alpha value is -6.28. The van der Waals surface area contributed by atoms with E-state index in [4.69, 9.17) is 24.9 Å². The molecule has 0 amide bonds. The summed E-state index contributed by atoms with van der Waals surface area (Å²) in [4.78, 5) is 27.0. The molecule has 0 saturated heterocycles. The second-order valence-electron chi connectivity index (χ2n) is 14.3. The van der Waals surface area contributed by atoms with Gasteiger partial charge in [0.05, 0.1) is 15.9 Å². The van der Waals surface area contributed by atoms with Crippen molar-refractivity contribution in [3.63, 3.8) is 0 Å². The number of allylic oxidation sites excluding steroid dienone is 7. The van der Waals surface area contributed by atoms with Gasteiger partial charge >= 0.3 is 0 Å². The van der Waals surface area contributed by atoms with Crippen molar-refractivity contribution >= 4 is 43.4 Å². The van der Waals surface area contributed by atoms with Gasteiger partial charge in [0.25, 0.3) is 0 Å². The molecule has 0 fully saturated rings. The predicted octanol–water partition coefficient (Wildman–Crippen LogP) is 12.4. The first-order valence-electron chi connectivity index (χ1n) is 18.9. The van der Waals surface area contributed by atoms with Gasteiger partial charge < -0.3 is 0 Å². The minimum atomic E-state index is 0.113. The van der Waals surface area contributed by atoms with E-state index in [1.807, 2.05) is 54.2 Å². The monoisotopic (exact) mass is 755 g/mol. The zero-order valence-electron chi connectivity index (χ0n) is 30.2. The van der Waals surface area contributed by atoms with Gasteiger partial charge in [-0.15, -0.1) is 23.1 Å². The molecular formula is C49H33N5S2. The first kappa shape index (κ1) is 33.1. The van der Waals surface area contributed by atoms with E-state index >= 15 is 0 Å². The van der Waals surface area contributed by atoms with Crippen LogP contribution in [0, 0.1) is 0 Å². The lowest BCUT2D eigenvalue weighted by Crippen LogP contribution is -2.12. The van der Waals surface area contributed by atoms with Crippen LogP contribution in [0.4, 0.5) is 0 Å².